The molecule has 0 bridgehead atoms. The molecule has 0 saturated heterocycles. The summed E-state index contributed by atoms with van der Waals surface area (Å²) < 4.78 is 7.16. The van der Waals surface area contributed by atoms with Crippen LogP contribution in [-0.2, 0) is 11.8 Å². The van der Waals surface area contributed by atoms with Crippen molar-refractivity contribution in [2.75, 3.05) is 29.6 Å². The number of thioether (sulfide) groups is 1. The molecule has 30 heavy (non-hydrogen) atoms. The van der Waals surface area contributed by atoms with Gasteiger partial charge in [-0.05, 0) is 25.1 Å². The zero-order chi connectivity index (χ0) is 21.4. The van der Waals surface area contributed by atoms with Crippen molar-refractivity contribution in [2.24, 2.45) is 7.05 Å². The second-order valence-electron chi connectivity index (χ2n) is 6.88. The van der Waals surface area contributed by atoms with E-state index < -0.39 is 0 Å². The molecule has 3 aromatic rings. The molecule has 0 radical (unpaired) electrons. The maximum absolute atomic E-state index is 13.0. The summed E-state index contributed by atoms with van der Waals surface area (Å²) in [6.45, 7) is 1.86. The first kappa shape index (κ1) is 19.8. The van der Waals surface area contributed by atoms with Crippen molar-refractivity contribution >= 4 is 28.9 Å². The number of nitriles is 1. The molecule has 9 heteroatoms. The molecule has 4 rings (SSSR count). The second kappa shape index (κ2) is 7.72. The minimum atomic E-state index is -0.256. The lowest BCUT2D eigenvalue weighted by molar-refractivity contribution is -0.112. The molecule has 0 aliphatic carbocycles. The fourth-order valence-corrected chi connectivity index (χ4v) is 4.33. The Labute approximate surface area is 178 Å². The van der Waals surface area contributed by atoms with Crippen molar-refractivity contribution in [3.63, 3.8) is 0 Å². The smallest absolute Gasteiger partial charge is 0.191 e. The highest BCUT2D eigenvalue weighted by Crippen LogP contribution is 2.40. The normalized spacial score (nSPS) is 12.8. The second-order valence-corrected chi connectivity index (χ2v) is 7.83. The maximum atomic E-state index is 13.0. The van der Waals surface area contributed by atoms with E-state index in [0.29, 0.717) is 16.8 Å². The molecule has 0 N–H and O–H groups in total. The number of ketones is 1. The number of hydrogen-bond acceptors (Lipinski definition) is 8. The number of Topliss-reactive ketones (excluding diaryl/α,β-unsaturated/α-hetero) is 1. The molecule has 0 fully saturated rings. The van der Waals surface area contributed by atoms with Crippen LogP contribution < -0.4 is 9.80 Å². The van der Waals surface area contributed by atoms with Gasteiger partial charge >= 0.3 is 0 Å². The first-order valence-corrected chi connectivity index (χ1v) is 10.2. The molecule has 3 heterocycles. The highest BCUT2D eigenvalue weighted by atomic mass is 32.2. The Balaban J connectivity index is 1.56. The summed E-state index contributed by atoms with van der Waals surface area (Å²) in [5, 5.41) is 18.8. The van der Waals surface area contributed by atoms with Gasteiger partial charge in [0.2, 0.25) is 0 Å². The predicted molar refractivity (Wildman–Crippen MR) is 115 cm³/mol. The highest BCUT2D eigenvalue weighted by Gasteiger charge is 2.31. The number of carbonyl (C=O) groups excluding carboxylic acids is 1. The largest absolute Gasteiger partial charge is 0.469 e. The van der Waals surface area contributed by atoms with Gasteiger partial charge in [0.25, 0.3) is 0 Å². The van der Waals surface area contributed by atoms with Crippen molar-refractivity contribution in [1.29, 1.82) is 5.26 Å². The fraction of sp³-hybridized carbons (Fsp3) is 0.238. The molecule has 1 aliphatic rings. The van der Waals surface area contributed by atoms with E-state index in [9.17, 15) is 10.1 Å². The van der Waals surface area contributed by atoms with Gasteiger partial charge in [-0.3, -0.25) is 4.79 Å². The van der Waals surface area contributed by atoms with Gasteiger partial charge in [-0.25, -0.2) is 0 Å². The molecule has 0 atom stereocenters. The summed E-state index contributed by atoms with van der Waals surface area (Å²) >= 11 is 1.25. The van der Waals surface area contributed by atoms with Gasteiger partial charge in [0, 0.05) is 21.1 Å². The van der Waals surface area contributed by atoms with Crippen LogP contribution in [0.3, 0.4) is 0 Å². The van der Waals surface area contributed by atoms with Crippen LogP contribution in [0.15, 0.2) is 57.6 Å². The van der Waals surface area contributed by atoms with Gasteiger partial charge in [-0.15, -0.1) is 10.2 Å². The third kappa shape index (κ3) is 3.15. The number of para-hydroxylation sites is 2. The molecule has 2 aromatic heterocycles. The van der Waals surface area contributed by atoms with Crippen molar-refractivity contribution in [1.82, 2.24) is 14.8 Å². The van der Waals surface area contributed by atoms with E-state index in [1.165, 1.54) is 11.8 Å². The minimum Gasteiger partial charge on any atom is -0.469 e. The third-order valence-electron chi connectivity index (χ3n) is 5.12. The summed E-state index contributed by atoms with van der Waals surface area (Å²) in [6, 6.07) is 11.7. The van der Waals surface area contributed by atoms with Crippen LogP contribution in [0.1, 0.15) is 5.76 Å². The summed E-state index contributed by atoms with van der Waals surface area (Å²) in [5.74, 6) is 1.83. The number of furan rings is 1. The summed E-state index contributed by atoms with van der Waals surface area (Å²) in [6.07, 6.45) is 1.60. The van der Waals surface area contributed by atoms with Gasteiger partial charge in [-0.1, -0.05) is 23.9 Å². The number of aromatic nitrogens is 3. The van der Waals surface area contributed by atoms with Crippen molar-refractivity contribution < 1.29 is 9.21 Å². The van der Waals surface area contributed by atoms with E-state index in [4.69, 9.17) is 4.42 Å². The number of allylic oxidation sites excluding steroid dienone is 1. The summed E-state index contributed by atoms with van der Waals surface area (Å²) in [5.41, 5.74) is 2.89. The van der Waals surface area contributed by atoms with E-state index in [2.05, 4.69) is 16.3 Å². The number of nitrogens with zero attached hydrogens (tertiary/aromatic N) is 6. The Bertz CT molecular complexity index is 1170. The Hall–Kier alpha value is -3.51. The first-order valence-electron chi connectivity index (χ1n) is 9.24. The zero-order valence-electron chi connectivity index (χ0n) is 17.1. The maximum Gasteiger partial charge on any atom is 0.191 e. The van der Waals surface area contributed by atoms with E-state index in [0.717, 1.165) is 22.7 Å². The molecule has 152 valence electrons. The molecule has 0 saturated carbocycles. The number of anilines is 2. The fourth-order valence-electron chi connectivity index (χ4n) is 3.55. The van der Waals surface area contributed by atoms with Crippen LogP contribution in [0.5, 0.6) is 0 Å². The van der Waals surface area contributed by atoms with E-state index >= 15 is 0 Å². The molecule has 1 aliphatic heterocycles. The predicted octanol–water partition coefficient (Wildman–Crippen LogP) is 3.37. The molecule has 0 unspecified atom stereocenters. The van der Waals surface area contributed by atoms with Gasteiger partial charge in [0.1, 0.15) is 23.2 Å². The number of hydrogen-bond donors (Lipinski definition) is 0. The zero-order valence-corrected chi connectivity index (χ0v) is 17.9. The molecule has 0 amide bonds. The van der Waals surface area contributed by atoms with Crippen molar-refractivity contribution in [3.05, 3.63) is 53.7 Å². The Morgan fingerprint density at radius 1 is 1.13 bits per heavy atom. The molecule has 8 nitrogen and oxygen atoms in total. The molecular formula is C21H20N6O2S. The van der Waals surface area contributed by atoms with Crippen LogP contribution in [0.2, 0.25) is 0 Å². The van der Waals surface area contributed by atoms with E-state index in [-0.39, 0.29) is 17.1 Å². The minimum absolute atomic E-state index is 0.0841. The highest BCUT2D eigenvalue weighted by molar-refractivity contribution is 7.99. The molecule has 1 aromatic carbocycles. The third-order valence-corrected chi connectivity index (χ3v) is 6.14. The van der Waals surface area contributed by atoms with E-state index in [1.807, 2.05) is 72.8 Å². The van der Waals surface area contributed by atoms with Crippen LogP contribution in [0.4, 0.5) is 11.4 Å². The van der Waals surface area contributed by atoms with Gasteiger partial charge in [0.15, 0.2) is 16.8 Å². The van der Waals surface area contributed by atoms with Crippen LogP contribution >= 0.6 is 11.8 Å². The number of benzene rings is 1. The van der Waals surface area contributed by atoms with E-state index in [1.54, 1.807) is 6.26 Å². The first-order chi connectivity index (χ1) is 14.4. The molecule has 0 spiro atoms. The number of fused-ring (bicyclic) bond motifs is 1. The standard InChI is InChI=1S/C21H20N6O2S/c1-13-14(9-10-29-13)19-23-24-21(27(19)4)30-12-18(28)15(11-22)20-25(2)16-7-5-6-8-17(16)26(20)3/h5-10H,12H2,1-4H3. The average molecular weight is 420 g/mol. The van der Waals surface area contributed by atoms with Gasteiger partial charge < -0.3 is 18.8 Å². The van der Waals surface area contributed by atoms with Gasteiger partial charge in [-0.2, -0.15) is 5.26 Å². The molecular weight excluding hydrogens is 400 g/mol. The number of aryl methyl sites for hydroxylation is 1. The SMILES string of the molecule is Cc1occc1-c1nnc(SCC(=O)C(C#N)=C2N(C)c3ccccc3N2C)n1C. The number of rotatable bonds is 5. The van der Waals surface area contributed by atoms with Crippen LogP contribution in [-0.4, -0.2) is 40.4 Å². The Morgan fingerprint density at radius 2 is 1.80 bits per heavy atom. The van der Waals surface area contributed by atoms with Gasteiger partial charge in [0.05, 0.1) is 29.0 Å². The lowest BCUT2D eigenvalue weighted by atomic mass is 10.2. The lowest BCUT2D eigenvalue weighted by Crippen LogP contribution is -2.26. The topological polar surface area (TPSA) is 91.2 Å². The number of carbonyl (C=O) groups is 1. The lowest BCUT2D eigenvalue weighted by Gasteiger charge is -2.19. The Kier molecular flexibility index (Phi) is 5.10. The van der Waals surface area contributed by atoms with Crippen molar-refractivity contribution in [3.8, 4) is 17.5 Å². The quantitative estimate of drug-likeness (QED) is 0.352. The van der Waals surface area contributed by atoms with Crippen LogP contribution in [0, 0.1) is 18.3 Å². The van der Waals surface area contributed by atoms with Crippen molar-refractivity contribution in [2.45, 2.75) is 12.1 Å². The average Bonchev–Trinajstić information content (AvgIpc) is 3.40. The monoisotopic (exact) mass is 420 g/mol. The Morgan fingerprint density at radius 3 is 2.37 bits per heavy atom. The summed E-state index contributed by atoms with van der Waals surface area (Å²) in [4.78, 5) is 16.7. The summed E-state index contributed by atoms with van der Waals surface area (Å²) in [7, 11) is 5.56. The van der Waals surface area contributed by atoms with Crippen LogP contribution in [0.25, 0.3) is 11.4 Å².